The summed E-state index contributed by atoms with van der Waals surface area (Å²) in [6, 6.07) is 6.99. The molecule has 1 N–H and O–H groups in total. The van der Waals surface area contributed by atoms with Crippen LogP contribution in [0, 0.1) is 0 Å². The van der Waals surface area contributed by atoms with E-state index in [2.05, 4.69) is 5.32 Å². The second-order valence-corrected chi connectivity index (χ2v) is 7.82. The van der Waals surface area contributed by atoms with E-state index in [1.165, 1.54) is 10.6 Å². The number of hydrogen-bond acceptors (Lipinski definition) is 5. The molecule has 2 unspecified atom stereocenters. The number of para-hydroxylation sites is 2. The van der Waals surface area contributed by atoms with Crippen LogP contribution >= 0.6 is 0 Å². The molecule has 1 aromatic carbocycles. The number of rotatable bonds is 3. The zero-order valence-corrected chi connectivity index (χ0v) is 13.7. The van der Waals surface area contributed by atoms with Gasteiger partial charge in [0, 0.05) is 19.1 Å². The summed E-state index contributed by atoms with van der Waals surface area (Å²) in [6.07, 6.45) is 1.94. The molecule has 1 aromatic rings. The van der Waals surface area contributed by atoms with E-state index < -0.39 is 16.1 Å². The number of carbonyl (C=O) groups excluding carboxylic acids is 1. The normalized spacial score (nSPS) is 24.9. The van der Waals surface area contributed by atoms with Gasteiger partial charge in [-0.3, -0.25) is 4.79 Å². The van der Waals surface area contributed by atoms with Gasteiger partial charge >= 0.3 is 0 Å². The van der Waals surface area contributed by atoms with Crippen molar-refractivity contribution in [2.75, 3.05) is 26.0 Å². The van der Waals surface area contributed by atoms with Crippen molar-refractivity contribution in [2.45, 2.75) is 25.0 Å². The Labute approximate surface area is 135 Å². The van der Waals surface area contributed by atoms with Crippen molar-refractivity contribution >= 4 is 15.9 Å². The van der Waals surface area contributed by atoms with Gasteiger partial charge in [-0.25, -0.2) is 12.7 Å². The number of hydrogen-bond donors (Lipinski definition) is 1. The van der Waals surface area contributed by atoms with Crippen LogP contribution in [0.2, 0.25) is 0 Å². The first-order valence-electron chi connectivity index (χ1n) is 7.57. The van der Waals surface area contributed by atoms with E-state index >= 15 is 0 Å². The number of fused-ring (bicyclic) bond motifs is 1. The highest BCUT2D eigenvalue weighted by Gasteiger charge is 2.31. The van der Waals surface area contributed by atoms with E-state index in [1.54, 1.807) is 12.1 Å². The number of nitrogens with zero attached hydrogens (tertiary/aromatic N) is 1. The molecule has 126 valence electrons. The van der Waals surface area contributed by atoms with Crippen LogP contribution in [0.1, 0.15) is 12.8 Å². The van der Waals surface area contributed by atoms with Crippen LogP contribution in [0.15, 0.2) is 24.3 Å². The second-order valence-electron chi connectivity index (χ2n) is 5.83. The largest absolute Gasteiger partial charge is 0.485 e. The molecular weight excluding hydrogens is 320 g/mol. The third-order valence-electron chi connectivity index (χ3n) is 4.00. The monoisotopic (exact) mass is 340 g/mol. The van der Waals surface area contributed by atoms with Crippen molar-refractivity contribution in [1.29, 1.82) is 0 Å². The standard InChI is InChI=1S/C15H20N2O5S/c1-23(19,20)17-8-4-5-11(9-17)16-15(18)14-10-21-12-6-2-3-7-13(12)22-14/h2-3,6-7,11,14H,4-5,8-10H2,1H3,(H,16,18). The molecule has 0 aliphatic carbocycles. The van der Waals surface area contributed by atoms with Gasteiger partial charge < -0.3 is 14.8 Å². The van der Waals surface area contributed by atoms with Crippen LogP contribution in [0.5, 0.6) is 11.5 Å². The molecule has 2 heterocycles. The minimum atomic E-state index is -3.23. The minimum absolute atomic E-state index is 0.144. The van der Waals surface area contributed by atoms with Crippen LogP contribution < -0.4 is 14.8 Å². The molecule has 0 spiro atoms. The molecule has 3 rings (SSSR count). The van der Waals surface area contributed by atoms with Crippen LogP contribution in [0.25, 0.3) is 0 Å². The molecule has 0 radical (unpaired) electrons. The van der Waals surface area contributed by atoms with Gasteiger partial charge in [0.25, 0.3) is 5.91 Å². The fourth-order valence-electron chi connectivity index (χ4n) is 2.80. The van der Waals surface area contributed by atoms with Gasteiger partial charge in [0.05, 0.1) is 6.26 Å². The second kappa shape index (κ2) is 6.37. The minimum Gasteiger partial charge on any atom is -0.485 e. The molecule has 0 bridgehead atoms. The number of piperidine rings is 1. The van der Waals surface area contributed by atoms with Gasteiger partial charge in [0.2, 0.25) is 16.1 Å². The lowest BCUT2D eigenvalue weighted by atomic mass is 10.1. The number of nitrogens with one attached hydrogen (secondary N) is 1. The highest BCUT2D eigenvalue weighted by Crippen LogP contribution is 2.30. The van der Waals surface area contributed by atoms with Crippen molar-refractivity contribution in [3.63, 3.8) is 0 Å². The number of ether oxygens (including phenoxy) is 2. The van der Waals surface area contributed by atoms with Gasteiger partial charge in [-0.1, -0.05) is 12.1 Å². The quantitative estimate of drug-likeness (QED) is 0.859. The first-order chi connectivity index (χ1) is 10.9. The van der Waals surface area contributed by atoms with Gasteiger partial charge in [-0.15, -0.1) is 0 Å². The smallest absolute Gasteiger partial charge is 0.264 e. The van der Waals surface area contributed by atoms with Crippen LogP contribution in [-0.2, 0) is 14.8 Å². The Bertz CT molecular complexity index is 691. The molecule has 1 fully saturated rings. The average molecular weight is 340 g/mol. The number of sulfonamides is 1. The summed E-state index contributed by atoms with van der Waals surface area (Å²) >= 11 is 0. The Morgan fingerprint density at radius 3 is 2.78 bits per heavy atom. The zero-order chi connectivity index (χ0) is 16.4. The average Bonchev–Trinajstić information content (AvgIpc) is 2.54. The van der Waals surface area contributed by atoms with E-state index in [-0.39, 0.29) is 18.6 Å². The van der Waals surface area contributed by atoms with Crippen molar-refractivity contribution in [2.24, 2.45) is 0 Å². The molecule has 2 aliphatic rings. The summed E-state index contributed by atoms with van der Waals surface area (Å²) in [4.78, 5) is 12.3. The molecule has 7 nitrogen and oxygen atoms in total. The topological polar surface area (TPSA) is 84.9 Å². The first-order valence-corrected chi connectivity index (χ1v) is 9.42. The zero-order valence-electron chi connectivity index (χ0n) is 12.9. The molecule has 1 saturated heterocycles. The van der Waals surface area contributed by atoms with Crippen LogP contribution in [0.3, 0.4) is 0 Å². The Morgan fingerprint density at radius 1 is 1.30 bits per heavy atom. The Kier molecular flexibility index (Phi) is 4.45. The predicted molar refractivity (Wildman–Crippen MR) is 83.9 cm³/mol. The van der Waals surface area contributed by atoms with Crippen molar-refractivity contribution in [3.8, 4) is 11.5 Å². The summed E-state index contributed by atoms with van der Waals surface area (Å²) in [6.45, 7) is 0.946. The molecule has 0 saturated carbocycles. The molecule has 1 amide bonds. The molecule has 2 atom stereocenters. The number of amides is 1. The number of carbonyl (C=O) groups is 1. The van der Waals surface area contributed by atoms with E-state index in [9.17, 15) is 13.2 Å². The summed E-state index contributed by atoms with van der Waals surface area (Å²) in [7, 11) is -3.23. The maximum Gasteiger partial charge on any atom is 0.264 e. The maximum absolute atomic E-state index is 12.3. The summed E-state index contributed by atoms with van der Waals surface area (Å²) < 4.78 is 35.8. The van der Waals surface area contributed by atoms with Gasteiger partial charge in [-0.2, -0.15) is 0 Å². The SMILES string of the molecule is CS(=O)(=O)N1CCCC(NC(=O)C2COc3ccccc3O2)C1. The Morgan fingerprint density at radius 2 is 2.04 bits per heavy atom. The summed E-state index contributed by atoms with van der Waals surface area (Å²) in [5.74, 6) is 0.887. The predicted octanol–water partition coefficient (Wildman–Crippen LogP) is 0.367. The fourth-order valence-corrected chi connectivity index (χ4v) is 3.72. The number of benzene rings is 1. The molecular formula is C15H20N2O5S. The molecule has 8 heteroatoms. The third kappa shape index (κ3) is 3.76. The van der Waals surface area contributed by atoms with E-state index in [1.807, 2.05) is 12.1 Å². The van der Waals surface area contributed by atoms with Gasteiger partial charge in [0.1, 0.15) is 6.61 Å². The first kappa shape index (κ1) is 16.1. The van der Waals surface area contributed by atoms with Gasteiger partial charge in [0.15, 0.2) is 11.5 Å². The van der Waals surface area contributed by atoms with Crippen LogP contribution in [-0.4, -0.2) is 56.7 Å². The van der Waals surface area contributed by atoms with Crippen molar-refractivity contribution in [3.05, 3.63) is 24.3 Å². The summed E-state index contributed by atoms with van der Waals surface area (Å²) in [5.41, 5.74) is 0. The summed E-state index contributed by atoms with van der Waals surface area (Å²) in [5, 5.41) is 2.87. The lowest BCUT2D eigenvalue weighted by molar-refractivity contribution is -0.131. The highest BCUT2D eigenvalue weighted by molar-refractivity contribution is 7.88. The lowest BCUT2D eigenvalue weighted by Gasteiger charge is -2.33. The van der Waals surface area contributed by atoms with Crippen molar-refractivity contribution in [1.82, 2.24) is 9.62 Å². The lowest BCUT2D eigenvalue weighted by Crippen LogP contribution is -2.53. The Balaban J connectivity index is 1.60. The van der Waals surface area contributed by atoms with Gasteiger partial charge in [-0.05, 0) is 25.0 Å². The third-order valence-corrected chi connectivity index (χ3v) is 5.27. The van der Waals surface area contributed by atoms with Crippen molar-refractivity contribution < 1.29 is 22.7 Å². The Hall–Kier alpha value is -1.80. The fraction of sp³-hybridized carbons (Fsp3) is 0.533. The molecule has 2 aliphatic heterocycles. The van der Waals surface area contributed by atoms with E-state index in [0.717, 1.165) is 12.8 Å². The molecule has 23 heavy (non-hydrogen) atoms. The van der Waals surface area contributed by atoms with E-state index in [4.69, 9.17) is 9.47 Å². The maximum atomic E-state index is 12.3. The van der Waals surface area contributed by atoms with Crippen LogP contribution in [0.4, 0.5) is 0 Å². The highest BCUT2D eigenvalue weighted by atomic mass is 32.2. The van der Waals surface area contributed by atoms with E-state index in [0.29, 0.717) is 24.6 Å². The molecule has 0 aromatic heterocycles.